The Morgan fingerprint density at radius 1 is 1.50 bits per heavy atom. The summed E-state index contributed by atoms with van der Waals surface area (Å²) < 4.78 is 0. The molecule has 0 fully saturated rings. The first kappa shape index (κ1) is 12.3. The molecule has 16 heavy (non-hydrogen) atoms. The summed E-state index contributed by atoms with van der Waals surface area (Å²) in [5.74, 6) is 0. The first-order valence-electron chi connectivity index (χ1n) is 4.31. The normalized spacial score (nSPS) is 14.4. The van der Waals surface area contributed by atoms with Gasteiger partial charge in [-0.3, -0.25) is 14.9 Å². The Balaban J connectivity index is 3.17. The van der Waals surface area contributed by atoms with E-state index in [1.807, 2.05) is 0 Å². The molecule has 8 nitrogen and oxygen atoms in total. The van der Waals surface area contributed by atoms with Gasteiger partial charge in [0, 0.05) is 6.07 Å². The third-order valence-corrected chi connectivity index (χ3v) is 2.00. The molecule has 0 aliphatic heterocycles. The van der Waals surface area contributed by atoms with Crippen LogP contribution in [0, 0.1) is 10.1 Å². The van der Waals surface area contributed by atoms with Gasteiger partial charge in [0.2, 0.25) is 0 Å². The standard InChI is InChI=1S/C8H10N2O6/c11-3-6(12)7(13)5-1-4(10(15)16)2-9-8(5)14/h1-2,6-7,11-13H,3H2,(H,9,14). The molecule has 88 valence electrons. The van der Waals surface area contributed by atoms with Crippen molar-refractivity contribution in [2.24, 2.45) is 0 Å². The Bertz CT molecular complexity index is 442. The molecule has 0 aliphatic carbocycles. The Morgan fingerprint density at radius 2 is 2.12 bits per heavy atom. The van der Waals surface area contributed by atoms with Crippen LogP contribution < -0.4 is 5.56 Å². The van der Waals surface area contributed by atoms with Gasteiger partial charge >= 0.3 is 0 Å². The fourth-order valence-corrected chi connectivity index (χ4v) is 1.12. The lowest BCUT2D eigenvalue weighted by molar-refractivity contribution is -0.385. The molecule has 2 unspecified atom stereocenters. The second-order valence-electron chi connectivity index (χ2n) is 3.09. The number of H-pyrrole nitrogens is 1. The van der Waals surface area contributed by atoms with Gasteiger partial charge in [-0.05, 0) is 0 Å². The molecule has 0 bridgehead atoms. The molecule has 1 aromatic heterocycles. The average Bonchev–Trinajstić information content (AvgIpc) is 2.27. The van der Waals surface area contributed by atoms with Gasteiger partial charge in [-0.2, -0.15) is 0 Å². The van der Waals surface area contributed by atoms with Crippen LogP contribution in [0.4, 0.5) is 5.69 Å². The molecule has 4 N–H and O–H groups in total. The molecule has 0 radical (unpaired) electrons. The number of nitro groups is 1. The van der Waals surface area contributed by atoms with Crippen LogP contribution in [0.3, 0.4) is 0 Å². The Kier molecular flexibility index (Phi) is 3.72. The van der Waals surface area contributed by atoms with Crippen LogP contribution in [-0.2, 0) is 0 Å². The van der Waals surface area contributed by atoms with Crippen molar-refractivity contribution in [2.45, 2.75) is 12.2 Å². The van der Waals surface area contributed by atoms with Crippen LogP contribution in [0.25, 0.3) is 0 Å². The zero-order valence-corrected chi connectivity index (χ0v) is 8.03. The number of nitrogens with zero attached hydrogens (tertiary/aromatic N) is 1. The summed E-state index contributed by atoms with van der Waals surface area (Å²) in [6.45, 7) is -0.761. The molecule has 0 aromatic carbocycles. The van der Waals surface area contributed by atoms with Crippen molar-refractivity contribution in [2.75, 3.05) is 6.61 Å². The van der Waals surface area contributed by atoms with Crippen molar-refractivity contribution in [1.29, 1.82) is 0 Å². The SMILES string of the molecule is O=c1[nH]cc([N+](=O)[O-])cc1C(O)C(O)CO. The zero-order chi connectivity index (χ0) is 12.3. The Hall–Kier alpha value is -1.77. The molecule has 0 saturated carbocycles. The largest absolute Gasteiger partial charge is 0.394 e. The summed E-state index contributed by atoms with van der Waals surface area (Å²) >= 11 is 0. The van der Waals surface area contributed by atoms with E-state index in [0.717, 1.165) is 12.3 Å². The number of hydrogen-bond donors (Lipinski definition) is 4. The van der Waals surface area contributed by atoms with Gasteiger partial charge in [0.15, 0.2) is 0 Å². The number of pyridine rings is 1. The molecule has 2 atom stereocenters. The van der Waals surface area contributed by atoms with E-state index < -0.39 is 35.0 Å². The van der Waals surface area contributed by atoms with E-state index in [2.05, 4.69) is 4.98 Å². The topological polar surface area (TPSA) is 137 Å². The minimum Gasteiger partial charge on any atom is -0.394 e. The van der Waals surface area contributed by atoms with E-state index in [4.69, 9.17) is 10.2 Å². The summed E-state index contributed by atoms with van der Waals surface area (Å²) in [7, 11) is 0. The first-order chi connectivity index (χ1) is 7.47. The van der Waals surface area contributed by atoms with Crippen molar-refractivity contribution in [3.63, 3.8) is 0 Å². The minimum atomic E-state index is -1.67. The summed E-state index contributed by atoms with van der Waals surface area (Å²) in [6, 6.07) is 0.850. The minimum absolute atomic E-state index is 0.365. The lowest BCUT2D eigenvalue weighted by atomic mass is 10.1. The molecule has 1 heterocycles. The number of aromatic amines is 1. The highest BCUT2D eigenvalue weighted by Crippen LogP contribution is 2.17. The summed E-state index contributed by atoms with van der Waals surface area (Å²) in [5.41, 5.74) is -1.54. The van der Waals surface area contributed by atoms with Gasteiger partial charge in [-0.15, -0.1) is 0 Å². The summed E-state index contributed by atoms with van der Waals surface area (Å²) in [6.07, 6.45) is -2.36. The van der Waals surface area contributed by atoms with Crippen LogP contribution in [0.1, 0.15) is 11.7 Å². The van der Waals surface area contributed by atoms with Crippen LogP contribution >= 0.6 is 0 Å². The Labute approximate surface area is 88.9 Å². The lowest BCUT2D eigenvalue weighted by Crippen LogP contribution is -2.27. The van der Waals surface area contributed by atoms with Gasteiger partial charge in [0.05, 0.1) is 23.3 Å². The number of aliphatic hydroxyl groups excluding tert-OH is 3. The molecule has 0 amide bonds. The van der Waals surface area contributed by atoms with Crippen molar-refractivity contribution in [3.05, 3.63) is 38.3 Å². The maximum atomic E-state index is 11.2. The highest BCUT2D eigenvalue weighted by atomic mass is 16.6. The third kappa shape index (κ3) is 2.42. The van der Waals surface area contributed by atoms with Crippen molar-refractivity contribution >= 4 is 5.69 Å². The van der Waals surface area contributed by atoms with Crippen molar-refractivity contribution in [1.82, 2.24) is 4.98 Å². The first-order valence-corrected chi connectivity index (χ1v) is 4.31. The zero-order valence-electron chi connectivity index (χ0n) is 8.03. The predicted octanol–water partition coefficient (Wildman–Crippen LogP) is -1.33. The number of nitrogens with one attached hydrogen (secondary N) is 1. The smallest absolute Gasteiger partial charge is 0.285 e. The highest BCUT2D eigenvalue weighted by Gasteiger charge is 2.22. The molecule has 8 heteroatoms. The van der Waals surface area contributed by atoms with Crippen molar-refractivity contribution in [3.8, 4) is 0 Å². The molecule has 1 rings (SSSR count). The highest BCUT2D eigenvalue weighted by molar-refractivity contribution is 5.31. The van der Waals surface area contributed by atoms with Gasteiger partial charge in [-0.25, -0.2) is 0 Å². The van der Waals surface area contributed by atoms with Gasteiger partial charge in [0.25, 0.3) is 11.2 Å². The second kappa shape index (κ2) is 4.84. The van der Waals surface area contributed by atoms with Gasteiger partial charge in [0.1, 0.15) is 12.2 Å². The third-order valence-electron chi connectivity index (χ3n) is 2.00. The van der Waals surface area contributed by atoms with E-state index in [1.54, 1.807) is 0 Å². The van der Waals surface area contributed by atoms with Crippen LogP contribution in [0.5, 0.6) is 0 Å². The molecule has 1 aromatic rings. The Morgan fingerprint density at radius 3 is 2.62 bits per heavy atom. The number of hydrogen-bond acceptors (Lipinski definition) is 6. The summed E-state index contributed by atoms with van der Waals surface area (Å²) in [4.78, 5) is 22.9. The maximum Gasteiger partial charge on any atom is 0.285 e. The van der Waals surface area contributed by atoms with Gasteiger partial charge < -0.3 is 20.3 Å². The van der Waals surface area contributed by atoms with Crippen molar-refractivity contribution < 1.29 is 20.2 Å². The van der Waals surface area contributed by atoms with E-state index in [1.165, 1.54) is 0 Å². The van der Waals surface area contributed by atoms with E-state index in [0.29, 0.717) is 0 Å². The number of aliphatic hydroxyl groups is 3. The van der Waals surface area contributed by atoms with Crippen LogP contribution in [0.15, 0.2) is 17.1 Å². The van der Waals surface area contributed by atoms with Crippen LogP contribution in [0.2, 0.25) is 0 Å². The molecule has 0 saturated heterocycles. The molecular weight excluding hydrogens is 220 g/mol. The van der Waals surface area contributed by atoms with E-state index in [-0.39, 0.29) is 5.56 Å². The maximum absolute atomic E-state index is 11.2. The molecule has 0 aliphatic rings. The molecular formula is C8H10N2O6. The lowest BCUT2D eigenvalue weighted by Gasteiger charge is -2.14. The fraction of sp³-hybridized carbons (Fsp3) is 0.375. The predicted molar refractivity (Wildman–Crippen MR) is 51.8 cm³/mol. The monoisotopic (exact) mass is 230 g/mol. The van der Waals surface area contributed by atoms with E-state index >= 15 is 0 Å². The van der Waals surface area contributed by atoms with Crippen LogP contribution in [-0.4, -0.2) is 37.9 Å². The fourth-order valence-electron chi connectivity index (χ4n) is 1.12. The van der Waals surface area contributed by atoms with Gasteiger partial charge in [-0.1, -0.05) is 0 Å². The summed E-state index contributed by atoms with van der Waals surface area (Å²) in [5, 5.41) is 37.5. The number of rotatable bonds is 4. The quantitative estimate of drug-likeness (QED) is 0.373. The molecule has 0 spiro atoms. The second-order valence-corrected chi connectivity index (χ2v) is 3.09. The van der Waals surface area contributed by atoms with E-state index in [9.17, 15) is 20.0 Å². The average molecular weight is 230 g/mol. The number of aromatic nitrogens is 1.